The van der Waals surface area contributed by atoms with E-state index in [1.165, 1.54) is 5.56 Å². The normalized spacial score (nSPS) is 15.0. The molecule has 1 atom stereocenters. The number of nitrogens with one attached hydrogen (secondary N) is 2. The van der Waals surface area contributed by atoms with Crippen LogP contribution in [0.25, 0.3) is 11.0 Å². The van der Waals surface area contributed by atoms with E-state index >= 15 is 0 Å². The number of benzene rings is 1. The Balaban J connectivity index is 1.46. The molecule has 2 aromatic heterocycles. The highest BCUT2D eigenvalue weighted by Gasteiger charge is 2.26. The van der Waals surface area contributed by atoms with E-state index in [-0.39, 0.29) is 11.6 Å². The molecule has 0 saturated heterocycles. The maximum Gasteiger partial charge on any atom is 0.326 e. The number of carbonyl (C=O) groups excluding carboxylic acids is 1. The summed E-state index contributed by atoms with van der Waals surface area (Å²) in [6.07, 6.45) is 3.33. The first-order chi connectivity index (χ1) is 13.6. The van der Waals surface area contributed by atoms with Crippen LogP contribution in [-0.4, -0.2) is 37.1 Å². The zero-order valence-electron chi connectivity index (χ0n) is 16.5. The minimum absolute atomic E-state index is 0.0816. The van der Waals surface area contributed by atoms with Crippen molar-refractivity contribution in [2.24, 2.45) is 0 Å². The fourth-order valence-corrected chi connectivity index (χ4v) is 4.20. The van der Waals surface area contributed by atoms with Crippen LogP contribution in [0.1, 0.15) is 56.0 Å². The predicted octanol–water partition coefficient (Wildman–Crippen LogP) is 2.93. The van der Waals surface area contributed by atoms with Crippen molar-refractivity contribution >= 4 is 16.9 Å². The molecule has 148 valence electrons. The Hall–Kier alpha value is -2.83. The number of amides is 1. The first-order valence-electron chi connectivity index (χ1n) is 10.1. The van der Waals surface area contributed by atoms with Crippen LogP contribution in [0.3, 0.4) is 0 Å². The van der Waals surface area contributed by atoms with Crippen molar-refractivity contribution in [3.8, 4) is 0 Å². The smallest absolute Gasteiger partial charge is 0.326 e. The second-order valence-corrected chi connectivity index (χ2v) is 7.67. The maximum atomic E-state index is 12.8. The topological polar surface area (TPSA) is 86.8 Å². The maximum absolute atomic E-state index is 12.8. The Bertz CT molecular complexity index is 1040. The molecule has 28 heavy (non-hydrogen) atoms. The molecule has 0 bridgehead atoms. The Morgan fingerprint density at radius 3 is 2.96 bits per heavy atom. The van der Waals surface area contributed by atoms with Gasteiger partial charge in [-0.05, 0) is 18.6 Å². The number of para-hydroxylation sites is 2. The van der Waals surface area contributed by atoms with Crippen molar-refractivity contribution < 1.29 is 4.79 Å². The molecule has 0 saturated carbocycles. The molecule has 0 fully saturated rings. The molecule has 7 nitrogen and oxygen atoms in total. The van der Waals surface area contributed by atoms with Gasteiger partial charge >= 0.3 is 5.69 Å². The van der Waals surface area contributed by atoms with Crippen LogP contribution in [0.15, 0.2) is 29.1 Å². The third-order valence-corrected chi connectivity index (χ3v) is 5.74. The number of fused-ring (bicyclic) bond motifs is 2. The van der Waals surface area contributed by atoms with Crippen LogP contribution in [-0.2, 0) is 24.3 Å². The van der Waals surface area contributed by atoms with Gasteiger partial charge < -0.3 is 9.88 Å². The molecule has 1 aromatic carbocycles. The van der Waals surface area contributed by atoms with Crippen LogP contribution in [0.2, 0.25) is 0 Å². The molecule has 0 spiro atoms. The average Bonchev–Trinajstić information content (AvgIpc) is 3.26. The summed E-state index contributed by atoms with van der Waals surface area (Å²) < 4.78 is 1.65. The van der Waals surface area contributed by atoms with Gasteiger partial charge in [0.15, 0.2) is 0 Å². The first kappa shape index (κ1) is 18.5. The van der Waals surface area contributed by atoms with E-state index in [0.29, 0.717) is 32.0 Å². The molecule has 0 aliphatic carbocycles. The summed E-state index contributed by atoms with van der Waals surface area (Å²) in [5.74, 6) is 0.475. The lowest BCUT2D eigenvalue weighted by atomic mass is 9.95. The van der Waals surface area contributed by atoms with Gasteiger partial charge in [0.05, 0.1) is 16.7 Å². The molecular formula is C21H27N5O2. The molecule has 0 unspecified atom stereocenters. The molecule has 0 radical (unpaired) electrons. The van der Waals surface area contributed by atoms with E-state index < -0.39 is 0 Å². The molecule has 3 heterocycles. The second kappa shape index (κ2) is 7.66. The zero-order valence-corrected chi connectivity index (χ0v) is 16.5. The number of imidazole rings is 1. The number of nitrogens with zero attached hydrogens (tertiary/aromatic N) is 3. The highest BCUT2D eigenvalue weighted by atomic mass is 16.2. The third kappa shape index (κ3) is 3.37. The third-order valence-electron chi connectivity index (χ3n) is 5.74. The van der Waals surface area contributed by atoms with Gasteiger partial charge in [-0.25, -0.2) is 4.79 Å². The van der Waals surface area contributed by atoms with Crippen LogP contribution in [0.5, 0.6) is 0 Å². The standard InChI is InChI=1S/C21H27N5O2/c1-3-6-14(2)20-15-13-25(11-9-16(15)23-24-20)19(27)10-12-26-18-8-5-4-7-17(18)22-21(26)28/h4-5,7-8,14H,3,6,9-13H2,1-2H3,(H,22,28)(H,23,24)/t14-/m0/s1. The highest BCUT2D eigenvalue weighted by molar-refractivity contribution is 5.78. The largest absolute Gasteiger partial charge is 0.338 e. The first-order valence-corrected chi connectivity index (χ1v) is 10.1. The zero-order chi connectivity index (χ0) is 19.7. The number of carbonyl (C=O) groups is 1. The van der Waals surface area contributed by atoms with E-state index in [1.54, 1.807) is 4.57 Å². The molecule has 7 heteroatoms. The van der Waals surface area contributed by atoms with Gasteiger partial charge in [0.2, 0.25) is 5.91 Å². The Kier molecular flexibility index (Phi) is 5.07. The Morgan fingerprint density at radius 2 is 2.14 bits per heavy atom. The molecule has 1 aliphatic heterocycles. The molecule has 1 amide bonds. The van der Waals surface area contributed by atoms with Gasteiger partial charge in [0.25, 0.3) is 0 Å². The van der Waals surface area contributed by atoms with E-state index in [2.05, 4.69) is 29.0 Å². The van der Waals surface area contributed by atoms with Gasteiger partial charge in [0, 0.05) is 49.7 Å². The Labute approximate surface area is 163 Å². The number of aryl methyl sites for hydroxylation is 1. The lowest BCUT2D eigenvalue weighted by Crippen LogP contribution is -2.37. The quantitative estimate of drug-likeness (QED) is 0.688. The van der Waals surface area contributed by atoms with Crippen LogP contribution in [0.4, 0.5) is 0 Å². The Morgan fingerprint density at radius 1 is 1.32 bits per heavy atom. The van der Waals surface area contributed by atoms with Gasteiger partial charge in [0.1, 0.15) is 0 Å². The average molecular weight is 381 g/mol. The van der Waals surface area contributed by atoms with E-state index in [9.17, 15) is 9.59 Å². The molecule has 1 aliphatic rings. The van der Waals surface area contributed by atoms with Crippen molar-refractivity contribution in [1.29, 1.82) is 0 Å². The van der Waals surface area contributed by atoms with Crippen molar-refractivity contribution in [1.82, 2.24) is 24.6 Å². The lowest BCUT2D eigenvalue weighted by molar-refractivity contribution is -0.132. The van der Waals surface area contributed by atoms with Crippen LogP contribution in [0, 0.1) is 0 Å². The van der Waals surface area contributed by atoms with E-state index in [0.717, 1.165) is 41.7 Å². The summed E-state index contributed by atoms with van der Waals surface area (Å²) in [5.41, 5.74) is 4.92. The summed E-state index contributed by atoms with van der Waals surface area (Å²) in [6, 6.07) is 7.57. The van der Waals surface area contributed by atoms with Crippen molar-refractivity contribution in [2.45, 2.75) is 58.5 Å². The summed E-state index contributed by atoms with van der Waals surface area (Å²) in [7, 11) is 0. The minimum Gasteiger partial charge on any atom is -0.338 e. The number of hydrogen-bond donors (Lipinski definition) is 2. The van der Waals surface area contributed by atoms with E-state index in [4.69, 9.17) is 0 Å². The van der Waals surface area contributed by atoms with Gasteiger partial charge in [-0.3, -0.25) is 14.5 Å². The fourth-order valence-electron chi connectivity index (χ4n) is 4.20. The number of rotatable bonds is 6. The number of aromatic nitrogens is 4. The van der Waals surface area contributed by atoms with E-state index in [1.807, 2.05) is 29.2 Å². The van der Waals surface area contributed by atoms with Crippen molar-refractivity contribution in [2.75, 3.05) is 6.54 Å². The summed E-state index contributed by atoms with van der Waals surface area (Å²) in [4.78, 5) is 29.8. The molecule has 3 aromatic rings. The summed E-state index contributed by atoms with van der Waals surface area (Å²) >= 11 is 0. The summed E-state index contributed by atoms with van der Waals surface area (Å²) in [5, 5.41) is 7.70. The van der Waals surface area contributed by atoms with Crippen molar-refractivity contribution in [3.63, 3.8) is 0 Å². The summed E-state index contributed by atoms with van der Waals surface area (Å²) in [6.45, 7) is 6.06. The fraction of sp³-hybridized carbons (Fsp3) is 0.476. The molecule has 2 N–H and O–H groups in total. The highest BCUT2D eigenvalue weighted by Crippen LogP contribution is 2.28. The number of aromatic amines is 2. The van der Waals surface area contributed by atoms with Gasteiger partial charge in [-0.1, -0.05) is 32.4 Å². The minimum atomic E-state index is -0.166. The molecular weight excluding hydrogens is 354 g/mol. The van der Waals surface area contributed by atoms with Crippen LogP contribution < -0.4 is 5.69 Å². The second-order valence-electron chi connectivity index (χ2n) is 7.67. The monoisotopic (exact) mass is 381 g/mol. The number of H-pyrrole nitrogens is 2. The van der Waals surface area contributed by atoms with Gasteiger partial charge in [-0.15, -0.1) is 0 Å². The SMILES string of the molecule is CCC[C@H](C)c1n[nH]c2c1CN(C(=O)CCn1c(=O)[nH]c3ccccc31)CC2. The molecule has 4 rings (SSSR count). The predicted molar refractivity (Wildman–Crippen MR) is 108 cm³/mol. The van der Waals surface area contributed by atoms with Gasteiger partial charge in [-0.2, -0.15) is 5.10 Å². The van der Waals surface area contributed by atoms with Crippen molar-refractivity contribution in [3.05, 3.63) is 51.7 Å². The van der Waals surface area contributed by atoms with Crippen LogP contribution >= 0.6 is 0 Å². The lowest BCUT2D eigenvalue weighted by Gasteiger charge is -2.28. The number of hydrogen-bond acceptors (Lipinski definition) is 3.